The molecule has 1 aliphatic rings. The van der Waals surface area contributed by atoms with Gasteiger partial charge in [0.2, 0.25) is 10.0 Å². The summed E-state index contributed by atoms with van der Waals surface area (Å²) in [5.74, 6) is -1.35. The van der Waals surface area contributed by atoms with Crippen molar-refractivity contribution in [2.75, 3.05) is 13.2 Å². The summed E-state index contributed by atoms with van der Waals surface area (Å²) in [7, 11) is -3.77. The van der Waals surface area contributed by atoms with Crippen molar-refractivity contribution >= 4 is 27.6 Å². The Bertz CT molecular complexity index is 638. The van der Waals surface area contributed by atoms with E-state index in [9.17, 15) is 13.2 Å². The summed E-state index contributed by atoms with van der Waals surface area (Å²) in [5, 5.41) is -0.612. The SMILES string of the molecule is CCOC(=O)C1CNNC1S(=O)(=O)NCc1ccccc1Cl. The highest BCUT2D eigenvalue weighted by Crippen LogP contribution is 2.18. The molecule has 0 radical (unpaired) electrons. The highest BCUT2D eigenvalue weighted by molar-refractivity contribution is 7.90. The minimum Gasteiger partial charge on any atom is -0.466 e. The van der Waals surface area contributed by atoms with Crippen LogP contribution in [0, 0.1) is 5.92 Å². The first-order chi connectivity index (χ1) is 10.5. The largest absolute Gasteiger partial charge is 0.466 e. The molecule has 2 atom stereocenters. The van der Waals surface area contributed by atoms with Crippen molar-refractivity contribution in [3.8, 4) is 0 Å². The van der Waals surface area contributed by atoms with E-state index in [1.54, 1.807) is 31.2 Å². The lowest BCUT2D eigenvalue weighted by Crippen LogP contribution is -2.46. The lowest BCUT2D eigenvalue weighted by Gasteiger charge is -2.18. The predicted molar refractivity (Wildman–Crippen MR) is 82.3 cm³/mol. The van der Waals surface area contributed by atoms with E-state index < -0.39 is 27.3 Å². The topological polar surface area (TPSA) is 96.5 Å². The first-order valence-electron chi connectivity index (χ1n) is 6.82. The van der Waals surface area contributed by atoms with Gasteiger partial charge in [0.25, 0.3) is 0 Å². The monoisotopic (exact) mass is 347 g/mol. The molecule has 0 amide bonds. The van der Waals surface area contributed by atoms with Crippen LogP contribution in [0.25, 0.3) is 0 Å². The number of carbonyl (C=O) groups excluding carboxylic acids is 1. The van der Waals surface area contributed by atoms with Gasteiger partial charge in [0.15, 0.2) is 5.37 Å². The Morgan fingerprint density at radius 3 is 2.86 bits per heavy atom. The molecule has 22 heavy (non-hydrogen) atoms. The second-order valence-corrected chi connectivity index (χ2v) is 7.06. The standard InChI is InChI=1S/C13H18ClN3O4S/c1-2-21-13(18)10-8-15-17-12(10)22(19,20)16-7-9-5-3-4-6-11(9)14/h3-6,10,12,15-17H,2,7-8H2,1H3. The van der Waals surface area contributed by atoms with E-state index in [-0.39, 0.29) is 19.7 Å². The summed E-state index contributed by atoms with van der Waals surface area (Å²) in [5.41, 5.74) is 5.94. The number of hydrogen-bond acceptors (Lipinski definition) is 6. The van der Waals surface area contributed by atoms with E-state index in [1.807, 2.05) is 0 Å². The van der Waals surface area contributed by atoms with Crippen molar-refractivity contribution < 1.29 is 17.9 Å². The fraction of sp³-hybridized carbons (Fsp3) is 0.462. The average molecular weight is 348 g/mol. The Hall–Kier alpha value is -1.19. The first-order valence-corrected chi connectivity index (χ1v) is 8.75. The van der Waals surface area contributed by atoms with E-state index in [2.05, 4.69) is 15.6 Å². The van der Waals surface area contributed by atoms with Crippen molar-refractivity contribution in [2.45, 2.75) is 18.8 Å². The predicted octanol–water partition coefficient (Wildman–Crippen LogP) is 0.373. The van der Waals surface area contributed by atoms with Gasteiger partial charge in [-0.2, -0.15) is 0 Å². The molecule has 1 fully saturated rings. The summed E-state index contributed by atoms with van der Waals surface area (Å²) >= 11 is 6.00. The molecular formula is C13H18ClN3O4S. The molecule has 1 aromatic carbocycles. The fourth-order valence-corrected chi connectivity index (χ4v) is 3.75. The van der Waals surface area contributed by atoms with Crippen LogP contribution in [0.1, 0.15) is 12.5 Å². The molecule has 0 bridgehead atoms. The van der Waals surface area contributed by atoms with Crippen molar-refractivity contribution in [3.05, 3.63) is 34.9 Å². The zero-order valence-corrected chi connectivity index (χ0v) is 13.6. The Kier molecular flexibility index (Phi) is 5.76. The number of halogens is 1. The van der Waals surface area contributed by atoms with E-state index in [4.69, 9.17) is 16.3 Å². The van der Waals surface area contributed by atoms with Crippen LogP contribution in [0.3, 0.4) is 0 Å². The van der Waals surface area contributed by atoms with Crippen LogP contribution in [-0.2, 0) is 26.1 Å². The highest BCUT2D eigenvalue weighted by atomic mass is 35.5. The lowest BCUT2D eigenvalue weighted by molar-refractivity contribution is -0.147. The van der Waals surface area contributed by atoms with E-state index in [1.165, 1.54) is 0 Å². The Labute approximate surface area is 134 Å². The van der Waals surface area contributed by atoms with Crippen LogP contribution in [0.15, 0.2) is 24.3 Å². The molecular weight excluding hydrogens is 330 g/mol. The van der Waals surface area contributed by atoms with Crippen LogP contribution < -0.4 is 15.6 Å². The number of carbonyl (C=O) groups is 1. The Morgan fingerprint density at radius 1 is 1.45 bits per heavy atom. The lowest BCUT2D eigenvalue weighted by atomic mass is 10.2. The number of nitrogens with one attached hydrogen (secondary N) is 3. The molecule has 0 aromatic heterocycles. The highest BCUT2D eigenvalue weighted by Gasteiger charge is 2.42. The molecule has 1 aliphatic heterocycles. The van der Waals surface area contributed by atoms with E-state index in [0.717, 1.165) is 0 Å². The van der Waals surface area contributed by atoms with Gasteiger partial charge in [-0.1, -0.05) is 29.8 Å². The van der Waals surface area contributed by atoms with Gasteiger partial charge in [0.05, 0.1) is 6.61 Å². The number of hydrogen-bond donors (Lipinski definition) is 3. The van der Waals surface area contributed by atoms with Crippen LogP contribution in [-0.4, -0.2) is 32.9 Å². The number of esters is 1. The third-order valence-corrected chi connectivity index (χ3v) is 5.31. The summed E-state index contributed by atoms with van der Waals surface area (Å²) in [4.78, 5) is 11.8. The quantitative estimate of drug-likeness (QED) is 0.643. The minimum absolute atomic E-state index is 0.0513. The van der Waals surface area contributed by atoms with Crippen molar-refractivity contribution in [1.29, 1.82) is 0 Å². The summed E-state index contributed by atoms with van der Waals surface area (Å²) in [6.07, 6.45) is 0. The van der Waals surface area contributed by atoms with Gasteiger partial charge in [-0.15, -0.1) is 0 Å². The van der Waals surface area contributed by atoms with Crippen LogP contribution in [0.4, 0.5) is 0 Å². The average Bonchev–Trinajstić information content (AvgIpc) is 2.97. The maximum Gasteiger partial charge on any atom is 0.313 e. The first kappa shape index (κ1) is 17.2. The maximum absolute atomic E-state index is 12.4. The zero-order valence-electron chi connectivity index (χ0n) is 12.0. The molecule has 2 unspecified atom stereocenters. The van der Waals surface area contributed by atoms with Crippen molar-refractivity contribution in [1.82, 2.24) is 15.6 Å². The number of hydrazine groups is 1. The summed E-state index contributed by atoms with van der Waals surface area (Å²) in [6, 6.07) is 6.95. The number of sulfonamides is 1. The molecule has 0 aliphatic carbocycles. The molecule has 0 saturated carbocycles. The molecule has 1 aromatic rings. The van der Waals surface area contributed by atoms with Gasteiger partial charge >= 0.3 is 5.97 Å². The van der Waals surface area contributed by atoms with Gasteiger partial charge in [0, 0.05) is 18.1 Å². The number of ether oxygens (including phenoxy) is 1. The molecule has 1 saturated heterocycles. The van der Waals surface area contributed by atoms with Gasteiger partial charge in [-0.3, -0.25) is 10.2 Å². The van der Waals surface area contributed by atoms with Crippen LogP contribution in [0.2, 0.25) is 5.02 Å². The second kappa shape index (κ2) is 7.38. The fourth-order valence-electron chi connectivity index (χ4n) is 2.14. The van der Waals surface area contributed by atoms with Crippen LogP contribution >= 0.6 is 11.6 Å². The zero-order chi connectivity index (χ0) is 16.2. The van der Waals surface area contributed by atoms with E-state index in [0.29, 0.717) is 10.6 Å². The molecule has 9 heteroatoms. The number of rotatable bonds is 6. The van der Waals surface area contributed by atoms with Crippen molar-refractivity contribution in [2.24, 2.45) is 5.92 Å². The summed E-state index contributed by atoms with van der Waals surface area (Å²) < 4.78 is 32.1. The maximum atomic E-state index is 12.4. The Balaban J connectivity index is 2.06. The molecule has 3 N–H and O–H groups in total. The molecule has 2 rings (SSSR count). The normalized spacial score (nSPS) is 21.7. The third-order valence-electron chi connectivity index (χ3n) is 3.28. The molecule has 122 valence electrons. The summed E-state index contributed by atoms with van der Waals surface area (Å²) in [6.45, 7) is 2.12. The molecule has 0 spiro atoms. The van der Waals surface area contributed by atoms with Gasteiger partial charge in [-0.25, -0.2) is 18.6 Å². The molecule has 1 heterocycles. The van der Waals surface area contributed by atoms with E-state index >= 15 is 0 Å². The Morgan fingerprint density at radius 2 is 2.18 bits per heavy atom. The second-order valence-electron chi connectivity index (χ2n) is 4.76. The third kappa shape index (κ3) is 3.96. The minimum atomic E-state index is -3.77. The van der Waals surface area contributed by atoms with Gasteiger partial charge < -0.3 is 4.74 Å². The van der Waals surface area contributed by atoms with Crippen molar-refractivity contribution in [3.63, 3.8) is 0 Å². The molecule has 7 nitrogen and oxygen atoms in total. The van der Waals surface area contributed by atoms with Crippen LogP contribution in [0.5, 0.6) is 0 Å². The van der Waals surface area contributed by atoms with Gasteiger partial charge in [0.1, 0.15) is 5.92 Å². The number of benzene rings is 1. The smallest absolute Gasteiger partial charge is 0.313 e. The van der Waals surface area contributed by atoms with Gasteiger partial charge in [-0.05, 0) is 18.6 Å².